The van der Waals surface area contributed by atoms with Gasteiger partial charge in [0.15, 0.2) is 0 Å². The van der Waals surface area contributed by atoms with Crippen LogP contribution in [0.4, 0.5) is 0 Å². The number of hydrogen-bond acceptors (Lipinski definition) is 4. The van der Waals surface area contributed by atoms with Gasteiger partial charge in [0.1, 0.15) is 30.5 Å². The van der Waals surface area contributed by atoms with Crippen LogP contribution in [-0.4, -0.2) is 22.6 Å². The maximum absolute atomic E-state index is 12.8. The summed E-state index contributed by atoms with van der Waals surface area (Å²) in [4.78, 5) is 17.5. The van der Waals surface area contributed by atoms with Crippen molar-refractivity contribution in [1.82, 2.24) is 14.9 Å². The van der Waals surface area contributed by atoms with E-state index >= 15 is 0 Å². The van der Waals surface area contributed by atoms with Crippen molar-refractivity contribution in [3.05, 3.63) is 89.2 Å². The summed E-state index contributed by atoms with van der Waals surface area (Å²) in [7, 11) is 1.63. The topological polar surface area (TPSA) is 65.4 Å². The molecule has 0 aliphatic carbocycles. The number of aryl methyl sites for hydroxylation is 2. The molecule has 164 valence electrons. The van der Waals surface area contributed by atoms with Gasteiger partial charge in [0.05, 0.1) is 18.1 Å². The number of benzene rings is 3. The number of nitrogens with zero attached hydrogens (tertiary/aromatic N) is 2. The monoisotopic (exact) mass is 429 g/mol. The second-order valence-electron chi connectivity index (χ2n) is 7.79. The molecule has 6 heteroatoms. The number of para-hydroxylation sites is 2. The SMILES string of the molecule is COc1ccc(CNC(=O)Cn2c(COc3cc(C)ccc3C)nc3ccccc32)cc1. The lowest BCUT2D eigenvalue weighted by Gasteiger charge is -2.13. The van der Waals surface area contributed by atoms with Crippen molar-refractivity contribution in [2.24, 2.45) is 0 Å². The van der Waals surface area contributed by atoms with Crippen molar-refractivity contribution in [3.63, 3.8) is 0 Å². The Morgan fingerprint density at radius 1 is 1.03 bits per heavy atom. The molecule has 0 fully saturated rings. The van der Waals surface area contributed by atoms with Crippen molar-refractivity contribution in [2.75, 3.05) is 7.11 Å². The van der Waals surface area contributed by atoms with Crippen LogP contribution in [0.15, 0.2) is 66.7 Å². The minimum absolute atomic E-state index is 0.0862. The summed E-state index contributed by atoms with van der Waals surface area (Å²) >= 11 is 0. The molecule has 0 unspecified atom stereocenters. The lowest BCUT2D eigenvalue weighted by molar-refractivity contribution is -0.121. The number of rotatable bonds is 8. The number of nitrogens with one attached hydrogen (secondary N) is 1. The molecule has 0 aliphatic heterocycles. The molecular weight excluding hydrogens is 402 g/mol. The Labute approximate surface area is 187 Å². The van der Waals surface area contributed by atoms with Crippen molar-refractivity contribution in [1.29, 1.82) is 0 Å². The fourth-order valence-electron chi connectivity index (χ4n) is 3.56. The van der Waals surface area contributed by atoms with Gasteiger partial charge in [-0.05, 0) is 60.9 Å². The van der Waals surface area contributed by atoms with Gasteiger partial charge < -0.3 is 19.4 Å². The molecule has 6 nitrogen and oxygen atoms in total. The van der Waals surface area contributed by atoms with Crippen LogP contribution in [0.5, 0.6) is 11.5 Å². The Morgan fingerprint density at radius 3 is 2.59 bits per heavy atom. The van der Waals surface area contributed by atoms with E-state index in [4.69, 9.17) is 14.5 Å². The van der Waals surface area contributed by atoms with E-state index in [0.29, 0.717) is 12.4 Å². The van der Waals surface area contributed by atoms with Gasteiger partial charge in [0.2, 0.25) is 5.91 Å². The number of carbonyl (C=O) groups excluding carboxylic acids is 1. The summed E-state index contributed by atoms with van der Waals surface area (Å²) in [5.74, 6) is 2.25. The highest BCUT2D eigenvalue weighted by Crippen LogP contribution is 2.22. The third-order valence-corrected chi connectivity index (χ3v) is 5.38. The van der Waals surface area contributed by atoms with Crippen molar-refractivity contribution in [2.45, 2.75) is 33.5 Å². The molecule has 0 radical (unpaired) electrons. The van der Waals surface area contributed by atoms with Crippen molar-refractivity contribution >= 4 is 16.9 Å². The summed E-state index contributed by atoms with van der Waals surface area (Å²) in [5, 5.41) is 2.99. The van der Waals surface area contributed by atoms with Crippen LogP contribution in [0.1, 0.15) is 22.5 Å². The molecular formula is C26H27N3O3. The lowest BCUT2D eigenvalue weighted by Crippen LogP contribution is -2.28. The third kappa shape index (κ3) is 4.91. The number of aromatic nitrogens is 2. The van der Waals surface area contributed by atoms with Crippen LogP contribution in [0.3, 0.4) is 0 Å². The Balaban J connectivity index is 1.49. The van der Waals surface area contributed by atoms with Gasteiger partial charge in [-0.25, -0.2) is 4.98 Å². The Hall–Kier alpha value is -3.80. The van der Waals surface area contributed by atoms with E-state index in [1.54, 1.807) is 7.11 Å². The second kappa shape index (κ2) is 9.56. The molecule has 1 amide bonds. The van der Waals surface area contributed by atoms with Crippen LogP contribution in [0.2, 0.25) is 0 Å². The van der Waals surface area contributed by atoms with Crippen LogP contribution in [0.25, 0.3) is 11.0 Å². The van der Waals surface area contributed by atoms with Crippen LogP contribution < -0.4 is 14.8 Å². The van der Waals surface area contributed by atoms with Gasteiger partial charge in [-0.3, -0.25) is 4.79 Å². The molecule has 3 aromatic carbocycles. The number of imidazole rings is 1. The molecule has 0 aliphatic rings. The summed E-state index contributed by atoms with van der Waals surface area (Å²) in [6.45, 7) is 4.95. The molecule has 1 N–H and O–H groups in total. The molecule has 32 heavy (non-hydrogen) atoms. The standard InChI is InChI=1S/C26H27N3O3/c1-18-8-9-19(2)24(14-18)32-17-25-28-22-6-4-5-7-23(22)29(25)16-26(30)27-15-20-10-12-21(31-3)13-11-20/h4-14H,15-17H2,1-3H3,(H,27,30). The number of fused-ring (bicyclic) bond motifs is 1. The minimum Gasteiger partial charge on any atom is -0.497 e. The summed E-state index contributed by atoms with van der Waals surface area (Å²) in [5.41, 5.74) is 4.96. The first kappa shape index (κ1) is 21.4. The smallest absolute Gasteiger partial charge is 0.240 e. The van der Waals surface area contributed by atoms with Gasteiger partial charge >= 0.3 is 0 Å². The predicted octanol–water partition coefficient (Wildman–Crippen LogP) is 4.56. The highest BCUT2D eigenvalue weighted by atomic mass is 16.5. The average Bonchev–Trinajstić information content (AvgIpc) is 3.16. The minimum atomic E-state index is -0.0862. The maximum atomic E-state index is 12.8. The third-order valence-electron chi connectivity index (χ3n) is 5.38. The second-order valence-corrected chi connectivity index (χ2v) is 7.79. The quantitative estimate of drug-likeness (QED) is 0.446. The van der Waals surface area contributed by atoms with Crippen molar-refractivity contribution < 1.29 is 14.3 Å². The maximum Gasteiger partial charge on any atom is 0.240 e. The van der Waals surface area contributed by atoms with Gasteiger partial charge in [0.25, 0.3) is 0 Å². The first-order valence-electron chi connectivity index (χ1n) is 10.6. The molecule has 0 bridgehead atoms. The van der Waals surface area contributed by atoms with Crippen molar-refractivity contribution in [3.8, 4) is 11.5 Å². The van der Waals surface area contributed by atoms with E-state index in [0.717, 1.165) is 39.2 Å². The molecule has 4 rings (SSSR count). The Morgan fingerprint density at radius 2 is 1.81 bits per heavy atom. The summed E-state index contributed by atoms with van der Waals surface area (Å²) in [6, 6.07) is 21.6. The fraction of sp³-hybridized carbons (Fsp3) is 0.231. The Bertz CT molecular complexity index is 1230. The normalized spacial score (nSPS) is 10.8. The Kier molecular flexibility index (Phi) is 6.40. The van der Waals surface area contributed by atoms with Gasteiger partial charge in [0, 0.05) is 6.54 Å². The molecule has 0 atom stereocenters. The van der Waals surface area contributed by atoms with E-state index < -0.39 is 0 Å². The zero-order chi connectivity index (χ0) is 22.5. The van der Waals surface area contributed by atoms with Gasteiger partial charge in [-0.1, -0.05) is 36.4 Å². The first-order valence-corrected chi connectivity index (χ1v) is 10.6. The number of methoxy groups -OCH3 is 1. The number of amides is 1. The fourth-order valence-corrected chi connectivity index (χ4v) is 3.56. The van der Waals surface area contributed by atoms with E-state index in [-0.39, 0.29) is 19.1 Å². The molecule has 1 heterocycles. The van der Waals surface area contributed by atoms with E-state index in [1.165, 1.54) is 0 Å². The van der Waals surface area contributed by atoms with Crippen LogP contribution in [-0.2, 0) is 24.5 Å². The first-order chi connectivity index (χ1) is 15.5. The number of hydrogen-bond donors (Lipinski definition) is 1. The zero-order valence-electron chi connectivity index (χ0n) is 18.6. The van der Waals surface area contributed by atoms with Crippen LogP contribution >= 0.6 is 0 Å². The molecule has 0 saturated heterocycles. The van der Waals surface area contributed by atoms with Gasteiger partial charge in [-0.2, -0.15) is 0 Å². The van der Waals surface area contributed by atoms with E-state index in [1.807, 2.05) is 79.1 Å². The van der Waals surface area contributed by atoms with Crippen LogP contribution in [0, 0.1) is 13.8 Å². The zero-order valence-corrected chi connectivity index (χ0v) is 18.6. The largest absolute Gasteiger partial charge is 0.497 e. The predicted molar refractivity (Wildman–Crippen MR) is 125 cm³/mol. The number of carbonyl (C=O) groups is 1. The molecule has 0 spiro atoms. The molecule has 0 saturated carbocycles. The highest BCUT2D eigenvalue weighted by molar-refractivity contribution is 5.81. The number of ether oxygens (including phenoxy) is 2. The van der Waals surface area contributed by atoms with E-state index in [2.05, 4.69) is 11.4 Å². The highest BCUT2D eigenvalue weighted by Gasteiger charge is 2.15. The summed E-state index contributed by atoms with van der Waals surface area (Å²) < 4.78 is 13.2. The summed E-state index contributed by atoms with van der Waals surface area (Å²) in [6.07, 6.45) is 0. The van der Waals surface area contributed by atoms with E-state index in [9.17, 15) is 4.79 Å². The lowest BCUT2D eigenvalue weighted by atomic mass is 10.1. The molecule has 1 aromatic heterocycles. The average molecular weight is 430 g/mol. The van der Waals surface area contributed by atoms with Gasteiger partial charge in [-0.15, -0.1) is 0 Å². The molecule has 4 aromatic rings.